The van der Waals surface area contributed by atoms with Gasteiger partial charge in [0.2, 0.25) is 5.91 Å². The number of hydrogen-bond acceptors (Lipinski definition) is 5. The van der Waals surface area contributed by atoms with E-state index >= 15 is 0 Å². The van der Waals surface area contributed by atoms with Crippen molar-refractivity contribution >= 4 is 29.2 Å². The smallest absolute Gasteiger partial charge is 0.355 e. The van der Waals surface area contributed by atoms with Gasteiger partial charge in [-0.1, -0.05) is 0 Å². The number of amides is 3. The average molecular weight is 300 g/mol. The largest absolute Gasteiger partial charge is 0.476 e. The van der Waals surface area contributed by atoms with Gasteiger partial charge in [-0.2, -0.15) is 0 Å². The number of aromatic carboxylic acids is 1. The molecule has 0 saturated heterocycles. The molecule has 0 fully saturated rings. The van der Waals surface area contributed by atoms with Gasteiger partial charge >= 0.3 is 12.0 Å². The second kappa shape index (κ2) is 7.43. The molecule has 3 amide bonds. The number of rotatable bonds is 6. The van der Waals surface area contributed by atoms with E-state index in [9.17, 15) is 14.4 Å². The lowest BCUT2D eigenvalue weighted by Crippen LogP contribution is -2.38. The summed E-state index contributed by atoms with van der Waals surface area (Å²) in [5.74, 6) is -1.24. The lowest BCUT2D eigenvalue weighted by Gasteiger charge is -2.16. The summed E-state index contributed by atoms with van der Waals surface area (Å²) >= 11 is 1.16. The predicted octanol–water partition coefficient (Wildman–Crippen LogP) is 0.119. The number of carboxylic acids is 1. The maximum absolute atomic E-state index is 11.7. The Morgan fingerprint density at radius 1 is 1.45 bits per heavy atom. The SMILES string of the molecule is CNC(=O)CCN(C)C(=O)NCc1nc(C(=O)O)cs1. The van der Waals surface area contributed by atoms with E-state index in [0.717, 1.165) is 11.3 Å². The molecule has 20 heavy (non-hydrogen) atoms. The van der Waals surface area contributed by atoms with E-state index in [1.165, 1.54) is 17.3 Å². The Morgan fingerprint density at radius 3 is 2.70 bits per heavy atom. The molecule has 0 saturated carbocycles. The van der Waals surface area contributed by atoms with Gasteiger partial charge in [0.05, 0.1) is 6.54 Å². The topological polar surface area (TPSA) is 112 Å². The second-order valence-electron chi connectivity index (χ2n) is 3.94. The van der Waals surface area contributed by atoms with Crippen molar-refractivity contribution in [2.24, 2.45) is 0 Å². The Bertz CT molecular complexity index is 502. The lowest BCUT2D eigenvalue weighted by molar-refractivity contribution is -0.120. The summed E-state index contributed by atoms with van der Waals surface area (Å²) in [7, 11) is 3.10. The van der Waals surface area contributed by atoms with Crippen molar-refractivity contribution in [3.63, 3.8) is 0 Å². The summed E-state index contributed by atoms with van der Waals surface area (Å²) in [6, 6.07) is -0.346. The first-order valence-corrected chi connectivity index (χ1v) is 6.69. The molecule has 0 unspecified atom stereocenters. The van der Waals surface area contributed by atoms with Crippen LogP contribution in [0.1, 0.15) is 21.9 Å². The molecule has 1 rings (SSSR count). The molecule has 110 valence electrons. The van der Waals surface area contributed by atoms with Crippen LogP contribution in [0.3, 0.4) is 0 Å². The standard InChI is InChI=1S/C11H16N4O4S/c1-12-8(16)3-4-15(2)11(19)13-5-9-14-7(6-20-9)10(17)18/h6H,3-5H2,1-2H3,(H,12,16)(H,13,19)(H,17,18). The van der Waals surface area contributed by atoms with Crippen LogP contribution < -0.4 is 10.6 Å². The molecule has 0 bridgehead atoms. The fourth-order valence-electron chi connectivity index (χ4n) is 1.27. The van der Waals surface area contributed by atoms with E-state index in [0.29, 0.717) is 11.6 Å². The third-order valence-electron chi connectivity index (χ3n) is 2.46. The number of aromatic nitrogens is 1. The number of nitrogens with zero attached hydrogens (tertiary/aromatic N) is 2. The average Bonchev–Trinajstić information content (AvgIpc) is 2.90. The van der Waals surface area contributed by atoms with Gasteiger partial charge in [0.25, 0.3) is 0 Å². The number of nitrogens with one attached hydrogen (secondary N) is 2. The highest BCUT2D eigenvalue weighted by Gasteiger charge is 2.12. The number of thiazole rings is 1. The van der Waals surface area contributed by atoms with Gasteiger partial charge in [0.1, 0.15) is 5.01 Å². The number of urea groups is 1. The van der Waals surface area contributed by atoms with Crippen LogP contribution in [0.4, 0.5) is 4.79 Å². The minimum atomic E-state index is -1.10. The van der Waals surface area contributed by atoms with Crippen LogP contribution >= 0.6 is 11.3 Å². The fourth-order valence-corrected chi connectivity index (χ4v) is 1.98. The summed E-state index contributed by atoms with van der Waals surface area (Å²) in [4.78, 5) is 38.6. The number of carbonyl (C=O) groups is 3. The molecule has 0 aromatic carbocycles. The minimum absolute atomic E-state index is 0.0350. The van der Waals surface area contributed by atoms with Crippen molar-refractivity contribution in [1.82, 2.24) is 20.5 Å². The Labute approximate surface area is 119 Å². The van der Waals surface area contributed by atoms with E-state index in [-0.39, 0.29) is 30.6 Å². The molecule has 1 heterocycles. The molecule has 0 spiro atoms. The molecule has 3 N–H and O–H groups in total. The molecule has 0 aliphatic carbocycles. The third-order valence-corrected chi connectivity index (χ3v) is 3.31. The first-order chi connectivity index (χ1) is 9.43. The van der Waals surface area contributed by atoms with Gasteiger partial charge in [0, 0.05) is 32.4 Å². The van der Waals surface area contributed by atoms with Gasteiger partial charge in [-0.15, -0.1) is 11.3 Å². The quantitative estimate of drug-likeness (QED) is 0.691. The fraction of sp³-hybridized carbons (Fsp3) is 0.455. The maximum atomic E-state index is 11.7. The molecule has 0 radical (unpaired) electrons. The van der Waals surface area contributed by atoms with Crippen LogP contribution in [-0.4, -0.2) is 53.5 Å². The van der Waals surface area contributed by atoms with Gasteiger partial charge < -0.3 is 20.6 Å². The third kappa shape index (κ3) is 4.84. The van der Waals surface area contributed by atoms with Gasteiger partial charge in [-0.25, -0.2) is 14.6 Å². The highest BCUT2D eigenvalue weighted by atomic mass is 32.1. The van der Waals surface area contributed by atoms with Crippen molar-refractivity contribution in [2.75, 3.05) is 20.6 Å². The summed E-state index contributed by atoms with van der Waals surface area (Å²) in [5.41, 5.74) is -0.0350. The summed E-state index contributed by atoms with van der Waals surface area (Å²) in [6.45, 7) is 0.449. The molecular formula is C11H16N4O4S. The van der Waals surface area contributed by atoms with Crippen molar-refractivity contribution in [3.05, 3.63) is 16.1 Å². The summed E-state index contributed by atoms with van der Waals surface area (Å²) in [6.07, 6.45) is 0.223. The zero-order chi connectivity index (χ0) is 15.1. The van der Waals surface area contributed by atoms with E-state index < -0.39 is 5.97 Å². The van der Waals surface area contributed by atoms with Crippen LogP contribution in [0.15, 0.2) is 5.38 Å². The van der Waals surface area contributed by atoms with E-state index in [1.54, 1.807) is 7.05 Å². The maximum Gasteiger partial charge on any atom is 0.355 e. The summed E-state index contributed by atoms with van der Waals surface area (Å²) < 4.78 is 0. The van der Waals surface area contributed by atoms with E-state index in [1.807, 2.05) is 0 Å². The highest BCUT2D eigenvalue weighted by Crippen LogP contribution is 2.09. The van der Waals surface area contributed by atoms with Crippen LogP contribution in [0.5, 0.6) is 0 Å². The molecule has 8 nitrogen and oxygen atoms in total. The van der Waals surface area contributed by atoms with Crippen LogP contribution in [0.25, 0.3) is 0 Å². The Morgan fingerprint density at radius 2 is 2.15 bits per heavy atom. The lowest BCUT2D eigenvalue weighted by atomic mass is 10.4. The summed E-state index contributed by atoms with van der Waals surface area (Å²) in [5, 5.41) is 15.7. The molecule has 1 aromatic rings. The van der Waals surface area contributed by atoms with Crippen LogP contribution in [0, 0.1) is 0 Å². The zero-order valence-corrected chi connectivity index (χ0v) is 12.0. The Hall–Kier alpha value is -2.16. The first kappa shape index (κ1) is 15.9. The molecule has 0 atom stereocenters. The first-order valence-electron chi connectivity index (χ1n) is 5.81. The number of hydrogen-bond donors (Lipinski definition) is 3. The Kier molecular flexibility index (Phi) is 5.91. The monoisotopic (exact) mass is 300 g/mol. The predicted molar refractivity (Wildman–Crippen MR) is 72.6 cm³/mol. The molecule has 0 aliphatic heterocycles. The van der Waals surface area contributed by atoms with Crippen molar-refractivity contribution in [1.29, 1.82) is 0 Å². The normalized spacial score (nSPS) is 9.90. The van der Waals surface area contributed by atoms with Crippen molar-refractivity contribution in [3.8, 4) is 0 Å². The number of carboxylic acid groups (broad SMARTS) is 1. The van der Waals surface area contributed by atoms with Crippen molar-refractivity contribution < 1.29 is 19.5 Å². The minimum Gasteiger partial charge on any atom is -0.476 e. The highest BCUT2D eigenvalue weighted by molar-refractivity contribution is 7.09. The van der Waals surface area contributed by atoms with Crippen molar-refractivity contribution in [2.45, 2.75) is 13.0 Å². The van der Waals surface area contributed by atoms with E-state index in [4.69, 9.17) is 5.11 Å². The van der Waals surface area contributed by atoms with Gasteiger partial charge in [-0.05, 0) is 0 Å². The molecule has 0 aliphatic rings. The van der Waals surface area contributed by atoms with Crippen LogP contribution in [0.2, 0.25) is 0 Å². The Balaban J connectivity index is 2.38. The molecule has 1 aromatic heterocycles. The van der Waals surface area contributed by atoms with Gasteiger partial charge in [0.15, 0.2) is 5.69 Å². The van der Waals surface area contributed by atoms with Crippen LogP contribution in [-0.2, 0) is 11.3 Å². The number of carbonyl (C=O) groups excluding carboxylic acids is 2. The molecular weight excluding hydrogens is 284 g/mol. The van der Waals surface area contributed by atoms with Gasteiger partial charge in [-0.3, -0.25) is 4.79 Å². The molecule has 9 heteroatoms. The zero-order valence-electron chi connectivity index (χ0n) is 11.2. The second-order valence-corrected chi connectivity index (χ2v) is 4.88. The van der Waals surface area contributed by atoms with E-state index in [2.05, 4.69) is 15.6 Å².